The summed E-state index contributed by atoms with van der Waals surface area (Å²) in [5.41, 5.74) is 1.08. The summed E-state index contributed by atoms with van der Waals surface area (Å²) >= 11 is 5.98. The Morgan fingerprint density at radius 1 is 1.09 bits per heavy atom. The number of furan rings is 1. The van der Waals surface area contributed by atoms with E-state index in [9.17, 15) is 14.7 Å². The van der Waals surface area contributed by atoms with Gasteiger partial charge in [0.1, 0.15) is 17.3 Å². The second-order valence-electron chi connectivity index (χ2n) is 8.14. The van der Waals surface area contributed by atoms with Gasteiger partial charge in [0.25, 0.3) is 11.7 Å². The van der Waals surface area contributed by atoms with Crippen LogP contribution in [0.1, 0.15) is 49.1 Å². The number of hydrogen-bond acceptors (Lipinski definition) is 5. The molecule has 0 radical (unpaired) electrons. The largest absolute Gasteiger partial charge is 0.507 e. The lowest BCUT2D eigenvalue weighted by Gasteiger charge is -2.25. The molecule has 2 heterocycles. The van der Waals surface area contributed by atoms with Crippen molar-refractivity contribution < 1.29 is 23.8 Å². The first-order valence-corrected chi connectivity index (χ1v) is 11.7. The molecule has 0 saturated carbocycles. The fourth-order valence-corrected chi connectivity index (χ4v) is 4.17. The van der Waals surface area contributed by atoms with Crippen molar-refractivity contribution in [2.75, 3.05) is 6.61 Å². The van der Waals surface area contributed by atoms with Gasteiger partial charge in [-0.25, -0.2) is 0 Å². The zero-order valence-electron chi connectivity index (χ0n) is 18.9. The highest BCUT2D eigenvalue weighted by Gasteiger charge is 2.46. The third kappa shape index (κ3) is 5.02. The van der Waals surface area contributed by atoms with Gasteiger partial charge in [0.15, 0.2) is 0 Å². The van der Waals surface area contributed by atoms with E-state index < -0.39 is 17.7 Å². The molecule has 1 N–H and O–H groups in total. The van der Waals surface area contributed by atoms with Gasteiger partial charge in [0, 0.05) is 10.6 Å². The van der Waals surface area contributed by atoms with Crippen LogP contribution < -0.4 is 4.74 Å². The molecule has 1 fully saturated rings. The molecule has 0 aliphatic carbocycles. The third-order valence-electron chi connectivity index (χ3n) is 5.75. The van der Waals surface area contributed by atoms with Gasteiger partial charge in [-0.2, -0.15) is 0 Å². The van der Waals surface area contributed by atoms with Crippen LogP contribution in [0, 0.1) is 0 Å². The summed E-state index contributed by atoms with van der Waals surface area (Å²) < 4.78 is 11.3. The van der Waals surface area contributed by atoms with Crippen LogP contribution >= 0.6 is 11.6 Å². The second-order valence-corrected chi connectivity index (χ2v) is 8.58. The molecule has 4 rings (SSSR count). The van der Waals surface area contributed by atoms with Gasteiger partial charge >= 0.3 is 0 Å². The SMILES string of the molecule is CCCCCOc1cccc(C2C(=C(O)c3ccc(Cl)cc3)C(=O)C(=O)N2Cc2ccco2)c1. The number of Topliss-reactive ketones (excluding diaryl/α,β-unsaturated/α-hetero) is 1. The highest BCUT2D eigenvalue weighted by atomic mass is 35.5. The van der Waals surface area contributed by atoms with Crippen LogP contribution in [0.25, 0.3) is 5.76 Å². The molecule has 3 aromatic rings. The van der Waals surface area contributed by atoms with Crippen molar-refractivity contribution in [3.63, 3.8) is 0 Å². The van der Waals surface area contributed by atoms with Crippen LogP contribution in [0.2, 0.25) is 5.02 Å². The van der Waals surface area contributed by atoms with E-state index >= 15 is 0 Å². The average Bonchev–Trinajstić information content (AvgIpc) is 3.44. The number of ketones is 1. The van der Waals surface area contributed by atoms with Gasteiger partial charge in [-0.3, -0.25) is 9.59 Å². The van der Waals surface area contributed by atoms with E-state index in [1.54, 1.807) is 36.4 Å². The van der Waals surface area contributed by atoms with Crippen molar-refractivity contribution in [2.24, 2.45) is 0 Å². The highest BCUT2D eigenvalue weighted by Crippen LogP contribution is 2.41. The maximum Gasteiger partial charge on any atom is 0.296 e. The van der Waals surface area contributed by atoms with E-state index in [1.807, 2.05) is 24.3 Å². The Morgan fingerprint density at radius 2 is 1.88 bits per heavy atom. The van der Waals surface area contributed by atoms with Crippen LogP contribution in [-0.4, -0.2) is 28.3 Å². The van der Waals surface area contributed by atoms with Gasteiger partial charge < -0.3 is 19.2 Å². The Balaban J connectivity index is 1.76. The number of carbonyl (C=O) groups is 2. The first-order valence-electron chi connectivity index (χ1n) is 11.3. The van der Waals surface area contributed by atoms with Crippen LogP contribution in [0.3, 0.4) is 0 Å². The maximum absolute atomic E-state index is 13.1. The number of likely N-dealkylation sites (tertiary alicyclic amines) is 1. The molecule has 1 atom stereocenters. The first kappa shape index (κ1) is 23.6. The molecule has 34 heavy (non-hydrogen) atoms. The summed E-state index contributed by atoms with van der Waals surface area (Å²) in [4.78, 5) is 27.6. The number of aliphatic hydroxyl groups excluding tert-OH is 1. The minimum Gasteiger partial charge on any atom is -0.507 e. The fourth-order valence-electron chi connectivity index (χ4n) is 4.04. The number of nitrogens with zero attached hydrogens (tertiary/aromatic N) is 1. The lowest BCUT2D eigenvalue weighted by atomic mass is 9.95. The number of rotatable bonds is 9. The molecular formula is C27H26ClNO5. The quantitative estimate of drug-likeness (QED) is 0.173. The van der Waals surface area contributed by atoms with E-state index in [4.69, 9.17) is 20.8 Å². The number of carbonyl (C=O) groups excluding carboxylic acids is 2. The summed E-state index contributed by atoms with van der Waals surface area (Å²) in [5, 5.41) is 11.6. The maximum atomic E-state index is 13.1. The van der Waals surface area contributed by atoms with Crippen molar-refractivity contribution in [2.45, 2.75) is 38.8 Å². The standard InChI is InChI=1S/C27H26ClNO5/c1-2-3-4-14-33-21-8-5-7-19(16-21)24-23(25(30)18-10-12-20(28)13-11-18)26(31)27(32)29(24)17-22-9-6-15-34-22/h5-13,15-16,24,30H,2-4,14,17H2,1H3. The Labute approximate surface area is 203 Å². The summed E-state index contributed by atoms with van der Waals surface area (Å²) in [6.07, 6.45) is 4.62. The molecule has 0 bridgehead atoms. The molecule has 1 aromatic heterocycles. The fraction of sp³-hybridized carbons (Fsp3) is 0.259. The van der Waals surface area contributed by atoms with Gasteiger partial charge in [-0.05, 0) is 60.5 Å². The van der Waals surface area contributed by atoms with E-state index in [-0.39, 0.29) is 17.9 Å². The van der Waals surface area contributed by atoms with Gasteiger partial charge in [0.2, 0.25) is 0 Å². The molecular weight excluding hydrogens is 454 g/mol. The predicted molar refractivity (Wildman–Crippen MR) is 129 cm³/mol. The van der Waals surface area contributed by atoms with Gasteiger partial charge in [0.05, 0.1) is 31.0 Å². The topological polar surface area (TPSA) is 80.0 Å². The van der Waals surface area contributed by atoms with Gasteiger partial charge in [-0.15, -0.1) is 0 Å². The molecule has 2 aromatic carbocycles. The lowest BCUT2D eigenvalue weighted by Crippen LogP contribution is -2.29. The number of benzene rings is 2. The molecule has 1 saturated heterocycles. The summed E-state index contributed by atoms with van der Waals surface area (Å²) in [6, 6.07) is 16.4. The van der Waals surface area contributed by atoms with E-state index in [1.165, 1.54) is 11.2 Å². The molecule has 1 aliphatic heterocycles. The Hall–Kier alpha value is -3.51. The molecule has 0 spiro atoms. The monoisotopic (exact) mass is 479 g/mol. The molecule has 1 aliphatic rings. The zero-order chi connectivity index (χ0) is 24.1. The average molecular weight is 480 g/mol. The summed E-state index contributed by atoms with van der Waals surface area (Å²) in [6.45, 7) is 2.79. The van der Waals surface area contributed by atoms with E-state index in [2.05, 4.69) is 6.92 Å². The minimum absolute atomic E-state index is 0.0158. The van der Waals surface area contributed by atoms with E-state index in [0.29, 0.717) is 34.3 Å². The number of aliphatic hydroxyl groups is 1. The Bertz CT molecular complexity index is 1180. The highest BCUT2D eigenvalue weighted by molar-refractivity contribution is 6.46. The van der Waals surface area contributed by atoms with Crippen LogP contribution in [0.4, 0.5) is 0 Å². The van der Waals surface area contributed by atoms with Crippen LogP contribution in [-0.2, 0) is 16.1 Å². The second kappa shape index (κ2) is 10.6. The van der Waals surface area contributed by atoms with Crippen LogP contribution in [0.15, 0.2) is 76.9 Å². The van der Waals surface area contributed by atoms with Crippen molar-refractivity contribution in [1.29, 1.82) is 0 Å². The minimum atomic E-state index is -0.806. The molecule has 176 valence electrons. The molecule has 6 nitrogen and oxygen atoms in total. The Morgan fingerprint density at radius 3 is 2.59 bits per heavy atom. The van der Waals surface area contributed by atoms with Crippen molar-refractivity contribution in [3.05, 3.63) is 94.4 Å². The van der Waals surface area contributed by atoms with Gasteiger partial charge in [-0.1, -0.05) is 43.5 Å². The first-order chi connectivity index (χ1) is 16.5. The zero-order valence-corrected chi connectivity index (χ0v) is 19.6. The normalized spacial score (nSPS) is 17.4. The Kier molecular flexibility index (Phi) is 7.38. The number of amides is 1. The molecule has 1 unspecified atom stereocenters. The number of halogens is 1. The van der Waals surface area contributed by atoms with Crippen molar-refractivity contribution in [1.82, 2.24) is 4.90 Å². The number of unbranched alkanes of at least 4 members (excludes halogenated alkanes) is 2. The third-order valence-corrected chi connectivity index (χ3v) is 6.01. The van der Waals surface area contributed by atoms with Crippen LogP contribution in [0.5, 0.6) is 5.75 Å². The predicted octanol–water partition coefficient (Wildman–Crippen LogP) is 6.12. The van der Waals surface area contributed by atoms with Crippen molar-refractivity contribution in [3.8, 4) is 5.75 Å². The molecule has 1 amide bonds. The number of hydrogen-bond donors (Lipinski definition) is 1. The smallest absolute Gasteiger partial charge is 0.296 e. The van der Waals surface area contributed by atoms with E-state index in [0.717, 1.165) is 19.3 Å². The number of ether oxygens (including phenoxy) is 1. The molecule has 7 heteroatoms. The lowest BCUT2D eigenvalue weighted by molar-refractivity contribution is -0.140. The van der Waals surface area contributed by atoms with Crippen molar-refractivity contribution >= 4 is 29.1 Å². The summed E-state index contributed by atoms with van der Waals surface area (Å²) in [5.74, 6) is -0.533. The summed E-state index contributed by atoms with van der Waals surface area (Å²) in [7, 11) is 0.